The van der Waals surface area contributed by atoms with Crippen LogP contribution in [0, 0.1) is 0 Å². The van der Waals surface area contributed by atoms with Gasteiger partial charge in [-0.2, -0.15) is 0 Å². The molecule has 0 radical (unpaired) electrons. The summed E-state index contributed by atoms with van der Waals surface area (Å²) in [6.45, 7) is 0. The number of fused-ring (bicyclic) bond motifs is 2. The highest BCUT2D eigenvalue weighted by Crippen LogP contribution is 2.48. The summed E-state index contributed by atoms with van der Waals surface area (Å²) in [5.41, 5.74) is 2.57. The van der Waals surface area contributed by atoms with Crippen LogP contribution in [0.1, 0.15) is 15.9 Å². The molecule has 5 heteroatoms. The second-order valence-electron chi connectivity index (χ2n) is 8.55. The minimum Gasteiger partial charge on any atom is -0.456 e. The van der Waals surface area contributed by atoms with E-state index in [1.54, 1.807) is 6.08 Å². The van der Waals surface area contributed by atoms with Crippen LogP contribution in [-0.4, -0.2) is 5.78 Å². The van der Waals surface area contributed by atoms with Crippen molar-refractivity contribution in [2.24, 2.45) is 0 Å². The number of ketones is 1. The predicted octanol–water partition coefficient (Wildman–Crippen LogP) is 7.80. The highest BCUT2D eigenvalue weighted by molar-refractivity contribution is 6.33. The maximum absolute atomic E-state index is 13.2. The van der Waals surface area contributed by atoms with Crippen LogP contribution in [-0.2, 0) is 5.79 Å². The van der Waals surface area contributed by atoms with Crippen LogP contribution in [0.15, 0.2) is 108 Å². The number of halogens is 1. The first-order valence-corrected chi connectivity index (χ1v) is 11.6. The number of ether oxygens (including phenoxy) is 2. The van der Waals surface area contributed by atoms with Gasteiger partial charge in [0.2, 0.25) is 0 Å². The van der Waals surface area contributed by atoms with Crippen molar-refractivity contribution in [2.45, 2.75) is 5.79 Å². The molecule has 1 aliphatic heterocycles. The van der Waals surface area contributed by atoms with Gasteiger partial charge < -0.3 is 13.9 Å². The lowest BCUT2D eigenvalue weighted by Crippen LogP contribution is -2.42. The van der Waals surface area contributed by atoms with Gasteiger partial charge in [-0.05, 0) is 47.9 Å². The largest absolute Gasteiger partial charge is 0.456 e. The van der Waals surface area contributed by atoms with Gasteiger partial charge in [0.05, 0.1) is 16.0 Å². The van der Waals surface area contributed by atoms with Crippen LogP contribution >= 0.6 is 11.6 Å². The van der Waals surface area contributed by atoms with Crippen LogP contribution < -0.4 is 9.47 Å². The Morgan fingerprint density at radius 1 is 0.686 bits per heavy atom. The molecule has 1 aromatic heterocycles. The molecular weight excluding hydrogens is 460 g/mol. The van der Waals surface area contributed by atoms with Crippen molar-refractivity contribution in [1.82, 2.24) is 0 Å². The summed E-state index contributed by atoms with van der Waals surface area (Å²) in [4.78, 5) is 13.2. The maximum Gasteiger partial charge on any atom is 0.299 e. The zero-order valence-corrected chi connectivity index (χ0v) is 19.1. The zero-order valence-electron chi connectivity index (χ0n) is 18.3. The molecule has 0 unspecified atom stereocenters. The minimum absolute atomic E-state index is 0.138. The molecule has 0 saturated heterocycles. The second kappa shape index (κ2) is 7.36. The molecule has 1 aliphatic carbocycles. The van der Waals surface area contributed by atoms with Crippen molar-refractivity contribution in [2.75, 3.05) is 0 Å². The Hall–Kier alpha value is -4.28. The van der Waals surface area contributed by atoms with Gasteiger partial charge in [0, 0.05) is 22.8 Å². The first-order valence-electron chi connectivity index (χ1n) is 11.2. The highest BCUT2D eigenvalue weighted by atomic mass is 35.5. The van der Waals surface area contributed by atoms with Gasteiger partial charge in [-0.15, -0.1) is 0 Å². The maximum atomic E-state index is 13.2. The van der Waals surface area contributed by atoms with Crippen LogP contribution in [0.25, 0.3) is 33.4 Å². The van der Waals surface area contributed by atoms with E-state index in [2.05, 4.69) is 0 Å². The fraction of sp³-hybridized carbons (Fsp3) is 0.0333. The van der Waals surface area contributed by atoms with Gasteiger partial charge in [0.15, 0.2) is 5.78 Å². The Labute approximate surface area is 206 Å². The van der Waals surface area contributed by atoms with Crippen LogP contribution in [0.2, 0.25) is 5.02 Å². The summed E-state index contributed by atoms with van der Waals surface area (Å²) >= 11 is 6.37. The van der Waals surface area contributed by atoms with Crippen LogP contribution in [0.3, 0.4) is 0 Å². The summed E-state index contributed by atoms with van der Waals surface area (Å²) < 4.78 is 19.1. The van der Waals surface area contributed by atoms with E-state index < -0.39 is 5.79 Å². The minimum atomic E-state index is -1.26. The van der Waals surface area contributed by atoms with Crippen LogP contribution in [0.5, 0.6) is 11.5 Å². The third kappa shape index (κ3) is 2.97. The topological polar surface area (TPSA) is 48.7 Å². The van der Waals surface area contributed by atoms with E-state index in [0.717, 1.165) is 16.3 Å². The Morgan fingerprint density at radius 2 is 1.34 bits per heavy atom. The third-order valence-electron chi connectivity index (χ3n) is 6.50. The monoisotopic (exact) mass is 476 g/mol. The van der Waals surface area contributed by atoms with E-state index in [1.165, 1.54) is 6.08 Å². The van der Waals surface area contributed by atoms with Gasteiger partial charge in [-0.1, -0.05) is 66.2 Å². The molecule has 7 rings (SSSR count). The van der Waals surface area contributed by atoms with Crippen molar-refractivity contribution in [3.05, 3.63) is 119 Å². The number of hydrogen-bond donors (Lipinski definition) is 0. The van der Waals surface area contributed by atoms with Crippen molar-refractivity contribution < 1.29 is 18.7 Å². The molecule has 2 aliphatic rings. The van der Waals surface area contributed by atoms with Gasteiger partial charge in [-0.25, -0.2) is 0 Å². The number of carbonyl (C=O) groups excluding carboxylic acids is 1. The lowest BCUT2D eigenvalue weighted by Gasteiger charge is -2.39. The molecule has 0 atom stereocenters. The second-order valence-corrected chi connectivity index (χ2v) is 8.96. The Bertz CT molecular complexity index is 1650. The van der Waals surface area contributed by atoms with E-state index in [9.17, 15) is 4.79 Å². The van der Waals surface area contributed by atoms with E-state index in [0.29, 0.717) is 44.7 Å². The lowest BCUT2D eigenvalue weighted by molar-refractivity contribution is -0.0838. The van der Waals surface area contributed by atoms with E-state index in [-0.39, 0.29) is 5.78 Å². The molecule has 1 spiro atoms. The lowest BCUT2D eigenvalue weighted by atomic mass is 9.86. The SMILES string of the molecule is O=C1C=CC2(Oc3cccc4cccc(c34)O2)c2cccc(-c3ccc(-c4ccccc4Cl)o3)c21. The Morgan fingerprint density at radius 3 is 2.09 bits per heavy atom. The van der Waals surface area contributed by atoms with Gasteiger partial charge >= 0.3 is 0 Å². The molecule has 2 heterocycles. The highest BCUT2D eigenvalue weighted by Gasteiger charge is 2.45. The van der Waals surface area contributed by atoms with Crippen molar-refractivity contribution in [1.29, 1.82) is 0 Å². The normalized spacial score (nSPS) is 15.1. The van der Waals surface area contributed by atoms with Gasteiger partial charge in [0.1, 0.15) is 23.0 Å². The smallest absolute Gasteiger partial charge is 0.299 e. The molecule has 0 fully saturated rings. The first kappa shape index (κ1) is 20.1. The summed E-state index contributed by atoms with van der Waals surface area (Å²) in [6.07, 6.45) is 3.20. The summed E-state index contributed by atoms with van der Waals surface area (Å²) in [5.74, 6) is 1.20. The molecule has 4 nitrogen and oxygen atoms in total. The van der Waals surface area contributed by atoms with Crippen LogP contribution in [0.4, 0.5) is 0 Å². The average Bonchev–Trinajstić information content (AvgIpc) is 3.37. The zero-order chi connectivity index (χ0) is 23.6. The number of furan rings is 1. The summed E-state index contributed by atoms with van der Waals surface area (Å²) in [6, 6.07) is 28.6. The fourth-order valence-corrected chi connectivity index (χ4v) is 5.16. The molecular formula is C30H17ClO4. The van der Waals surface area contributed by atoms with E-state index in [1.807, 2.05) is 91.0 Å². The first-order chi connectivity index (χ1) is 17.1. The fourth-order valence-electron chi connectivity index (χ4n) is 4.93. The number of benzene rings is 4. The van der Waals surface area contributed by atoms with Gasteiger partial charge in [0.25, 0.3) is 5.79 Å². The molecule has 168 valence electrons. The Balaban J connectivity index is 1.38. The molecule has 4 aromatic carbocycles. The molecule has 35 heavy (non-hydrogen) atoms. The quantitative estimate of drug-likeness (QED) is 0.261. The van der Waals surface area contributed by atoms with E-state index in [4.69, 9.17) is 25.5 Å². The number of rotatable bonds is 2. The van der Waals surface area contributed by atoms with Crippen molar-refractivity contribution in [3.8, 4) is 34.1 Å². The van der Waals surface area contributed by atoms with Gasteiger partial charge in [-0.3, -0.25) is 4.79 Å². The summed E-state index contributed by atoms with van der Waals surface area (Å²) in [7, 11) is 0. The number of carbonyl (C=O) groups is 1. The summed E-state index contributed by atoms with van der Waals surface area (Å²) in [5, 5.41) is 2.54. The molecule has 0 N–H and O–H groups in total. The Kier molecular flexibility index (Phi) is 4.23. The molecule has 0 amide bonds. The number of hydrogen-bond acceptors (Lipinski definition) is 4. The average molecular weight is 477 g/mol. The van der Waals surface area contributed by atoms with Crippen molar-refractivity contribution in [3.63, 3.8) is 0 Å². The van der Waals surface area contributed by atoms with Crippen molar-refractivity contribution >= 4 is 28.2 Å². The molecule has 5 aromatic rings. The number of allylic oxidation sites excluding steroid dienone is 1. The molecule has 0 saturated carbocycles. The molecule has 0 bridgehead atoms. The van der Waals surface area contributed by atoms with E-state index >= 15 is 0 Å². The third-order valence-corrected chi connectivity index (χ3v) is 6.83. The predicted molar refractivity (Wildman–Crippen MR) is 135 cm³/mol. The standard InChI is InChI=1S/C30H17ClO4/c31-22-11-2-1-8-19(22)24-14-15-25(33-24)20-9-5-10-21-29(20)23(32)16-17-30(21)34-26-12-3-6-18-7-4-13-27(35-30)28(18)26/h1-17H.